The molecule has 0 bridgehead atoms. The smallest absolute Gasteiger partial charge is 0.242 e. The van der Waals surface area contributed by atoms with Crippen molar-refractivity contribution in [3.8, 4) is 0 Å². The first-order valence-corrected chi connectivity index (χ1v) is 5.42. The Morgan fingerprint density at radius 3 is 2.83 bits per heavy atom. The fourth-order valence-electron chi connectivity index (χ4n) is 1.20. The Labute approximate surface area is 104 Å². The van der Waals surface area contributed by atoms with E-state index in [-0.39, 0.29) is 24.9 Å². The maximum absolute atomic E-state index is 11.4. The average Bonchev–Trinajstić information content (AvgIpc) is 2.72. The molecule has 8 nitrogen and oxygen atoms in total. The summed E-state index contributed by atoms with van der Waals surface area (Å²) in [6.45, 7) is 0.814. The van der Waals surface area contributed by atoms with E-state index < -0.39 is 0 Å². The number of aromatic nitrogens is 2. The van der Waals surface area contributed by atoms with Crippen molar-refractivity contribution in [1.82, 2.24) is 20.4 Å². The Morgan fingerprint density at radius 2 is 2.22 bits per heavy atom. The molecule has 0 aliphatic rings. The molecular formula is C10H17N5O3. The third-order valence-corrected chi connectivity index (χ3v) is 2.03. The van der Waals surface area contributed by atoms with E-state index in [0.29, 0.717) is 18.8 Å². The Morgan fingerprint density at radius 1 is 1.44 bits per heavy atom. The molecule has 0 fully saturated rings. The minimum absolute atomic E-state index is 0.0303. The fourth-order valence-corrected chi connectivity index (χ4v) is 1.20. The minimum Gasteiger partial charge on any atom is -0.396 e. The van der Waals surface area contributed by atoms with Crippen LogP contribution in [-0.4, -0.2) is 48.4 Å². The molecule has 1 aromatic heterocycles. The Bertz CT molecular complexity index is 404. The molecule has 4 N–H and O–H groups in total. The predicted molar refractivity (Wildman–Crippen MR) is 64.5 cm³/mol. The Balaban J connectivity index is 2.18. The van der Waals surface area contributed by atoms with Crippen LogP contribution >= 0.6 is 0 Å². The first kappa shape index (κ1) is 14.0. The van der Waals surface area contributed by atoms with Gasteiger partial charge in [-0.3, -0.25) is 14.3 Å². The van der Waals surface area contributed by atoms with Crippen LogP contribution in [0.5, 0.6) is 0 Å². The number of methoxy groups -OCH3 is 1. The first-order valence-electron chi connectivity index (χ1n) is 5.42. The standard InChI is InChI=1S/C10H17N5O3/c1-18-3-2-12-9(16)5-13-10(17)7-15-6-8(11)4-14-15/h4,6H,2-3,5,7,11H2,1H3,(H,12,16)(H,13,17). The lowest BCUT2D eigenvalue weighted by Crippen LogP contribution is -2.39. The second-order valence-corrected chi connectivity index (χ2v) is 3.59. The zero-order valence-corrected chi connectivity index (χ0v) is 10.2. The van der Waals surface area contributed by atoms with Crippen molar-refractivity contribution in [2.45, 2.75) is 6.54 Å². The summed E-state index contributed by atoms with van der Waals surface area (Å²) in [5.41, 5.74) is 5.94. The first-order chi connectivity index (χ1) is 8.61. The van der Waals surface area contributed by atoms with Crippen LogP contribution in [0.2, 0.25) is 0 Å². The topological polar surface area (TPSA) is 111 Å². The zero-order valence-electron chi connectivity index (χ0n) is 10.2. The van der Waals surface area contributed by atoms with E-state index in [2.05, 4.69) is 15.7 Å². The molecule has 0 atom stereocenters. The maximum Gasteiger partial charge on any atom is 0.242 e. The van der Waals surface area contributed by atoms with Gasteiger partial charge in [-0.05, 0) is 0 Å². The van der Waals surface area contributed by atoms with Gasteiger partial charge in [0.1, 0.15) is 6.54 Å². The van der Waals surface area contributed by atoms with Crippen LogP contribution in [0.3, 0.4) is 0 Å². The summed E-state index contributed by atoms with van der Waals surface area (Å²) in [5, 5.41) is 8.92. The number of carbonyl (C=O) groups is 2. The van der Waals surface area contributed by atoms with Gasteiger partial charge in [0.05, 0.1) is 25.0 Å². The number of amides is 2. The molecule has 0 unspecified atom stereocenters. The number of ether oxygens (including phenoxy) is 1. The Kier molecular flexibility index (Phi) is 5.65. The van der Waals surface area contributed by atoms with Crippen molar-refractivity contribution in [2.24, 2.45) is 0 Å². The summed E-state index contributed by atoms with van der Waals surface area (Å²) < 4.78 is 6.17. The van der Waals surface area contributed by atoms with Crippen molar-refractivity contribution in [2.75, 3.05) is 32.5 Å². The molecule has 1 aromatic rings. The van der Waals surface area contributed by atoms with Crippen LogP contribution in [0.15, 0.2) is 12.4 Å². The lowest BCUT2D eigenvalue weighted by molar-refractivity contribution is -0.126. The molecule has 0 saturated heterocycles. The van der Waals surface area contributed by atoms with Gasteiger partial charge in [-0.1, -0.05) is 0 Å². The van der Waals surface area contributed by atoms with Crippen LogP contribution in [0.25, 0.3) is 0 Å². The normalized spacial score (nSPS) is 10.1. The molecule has 100 valence electrons. The minimum atomic E-state index is -0.306. The summed E-state index contributed by atoms with van der Waals surface area (Å²) >= 11 is 0. The summed E-state index contributed by atoms with van der Waals surface area (Å²) in [6.07, 6.45) is 2.99. The highest BCUT2D eigenvalue weighted by Crippen LogP contribution is 1.96. The SMILES string of the molecule is COCCNC(=O)CNC(=O)Cn1cc(N)cn1. The summed E-state index contributed by atoms with van der Waals surface area (Å²) in [4.78, 5) is 22.7. The van der Waals surface area contributed by atoms with Crippen molar-refractivity contribution in [3.63, 3.8) is 0 Å². The van der Waals surface area contributed by atoms with E-state index in [1.54, 1.807) is 7.11 Å². The van der Waals surface area contributed by atoms with Crippen molar-refractivity contribution in [1.29, 1.82) is 0 Å². The van der Waals surface area contributed by atoms with Gasteiger partial charge in [-0.2, -0.15) is 5.10 Å². The van der Waals surface area contributed by atoms with Gasteiger partial charge < -0.3 is 21.1 Å². The molecule has 8 heteroatoms. The van der Waals surface area contributed by atoms with Crippen molar-refractivity contribution >= 4 is 17.5 Å². The molecule has 0 spiro atoms. The van der Waals surface area contributed by atoms with Crippen LogP contribution in [0.1, 0.15) is 0 Å². The molecular weight excluding hydrogens is 238 g/mol. The van der Waals surface area contributed by atoms with E-state index in [1.165, 1.54) is 17.1 Å². The van der Waals surface area contributed by atoms with Crippen LogP contribution in [0, 0.1) is 0 Å². The van der Waals surface area contributed by atoms with Gasteiger partial charge in [0.15, 0.2) is 0 Å². The lowest BCUT2D eigenvalue weighted by Gasteiger charge is -2.06. The highest BCUT2D eigenvalue weighted by molar-refractivity contribution is 5.84. The zero-order chi connectivity index (χ0) is 13.4. The van der Waals surface area contributed by atoms with Crippen LogP contribution in [-0.2, 0) is 20.9 Å². The number of anilines is 1. The largest absolute Gasteiger partial charge is 0.396 e. The van der Waals surface area contributed by atoms with Crippen LogP contribution in [0.4, 0.5) is 5.69 Å². The summed E-state index contributed by atoms with van der Waals surface area (Å²) in [7, 11) is 1.55. The molecule has 0 aliphatic heterocycles. The number of hydrogen-bond acceptors (Lipinski definition) is 5. The van der Waals surface area contributed by atoms with E-state index in [9.17, 15) is 9.59 Å². The fraction of sp³-hybridized carbons (Fsp3) is 0.500. The summed E-state index contributed by atoms with van der Waals surface area (Å²) in [5.74, 6) is -0.569. The van der Waals surface area contributed by atoms with E-state index in [1.807, 2.05) is 0 Å². The van der Waals surface area contributed by atoms with Crippen molar-refractivity contribution < 1.29 is 14.3 Å². The number of hydrogen-bond donors (Lipinski definition) is 3. The van der Waals surface area contributed by atoms with Gasteiger partial charge >= 0.3 is 0 Å². The Hall–Kier alpha value is -2.09. The van der Waals surface area contributed by atoms with Gasteiger partial charge in [0, 0.05) is 19.9 Å². The highest BCUT2D eigenvalue weighted by atomic mass is 16.5. The number of carbonyl (C=O) groups excluding carboxylic acids is 2. The van der Waals surface area contributed by atoms with Gasteiger partial charge in [-0.25, -0.2) is 0 Å². The second-order valence-electron chi connectivity index (χ2n) is 3.59. The molecule has 0 aliphatic carbocycles. The summed E-state index contributed by atoms with van der Waals surface area (Å²) in [6, 6.07) is 0. The number of nitrogens with two attached hydrogens (primary N) is 1. The monoisotopic (exact) mass is 255 g/mol. The number of nitrogens with zero attached hydrogens (tertiary/aromatic N) is 2. The van der Waals surface area contributed by atoms with Crippen LogP contribution < -0.4 is 16.4 Å². The molecule has 0 saturated carbocycles. The van der Waals surface area contributed by atoms with Gasteiger partial charge in [0.25, 0.3) is 0 Å². The highest BCUT2D eigenvalue weighted by Gasteiger charge is 2.06. The third kappa shape index (κ3) is 5.30. The van der Waals surface area contributed by atoms with E-state index >= 15 is 0 Å². The molecule has 1 heterocycles. The quantitative estimate of drug-likeness (QED) is 0.505. The van der Waals surface area contributed by atoms with Gasteiger partial charge in [-0.15, -0.1) is 0 Å². The average molecular weight is 255 g/mol. The van der Waals surface area contributed by atoms with Crippen molar-refractivity contribution in [3.05, 3.63) is 12.4 Å². The number of nitrogen functional groups attached to an aromatic ring is 1. The second kappa shape index (κ2) is 7.28. The molecule has 2 amide bonds. The molecule has 1 rings (SSSR count). The molecule has 18 heavy (non-hydrogen) atoms. The van der Waals surface area contributed by atoms with E-state index in [4.69, 9.17) is 10.5 Å². The molecule has 0 radical (unpaired) electrons. The van der Waals surface area contributed by atoms with E-state index in [0.717, 1.165) is 0 Å². The lowest BCUT2D eigenvalue weighted by atomic mass is 10.5. The third-order valence-electron chi connectivity index (χ3n) is 2.03. The van der Waals surface area contributed by atoms with Gasteiger partial charge in [0.2, 0.25) is 11.8 Å². The predicted octanol–water partition coefficient (Wildman–Crippen LogP) is -1.66. The number of nitrogens with one attached hydrogen (secondary N) is 2. The number of rotatable bonds is 7. The maximum atomic E-state index is 11.4. The molecule has 0 aromatic carbocycles.